The number of hydrogen-bond donors (Lipinski definition) is 1. The van der Waals surface area contributed by atoms with Crippen molar-refractivity contribution in [1.29, 1.82) is 0 Å². The van der Waals surface area contributed by atoms with Crippen LogP contribution in [-0.4, -0.2) is 29.6 Å². The maximum atomic E-state index is 4.59. The molecule has 1 saturated heterocycles. The van der Waals surface area contributed by atoms with Crippen LogP contribution in [0.15, 0.2) is 6.07 Å². The van der Waals surface area contributed by atoms with E-state index in [1.54, 1.807) is 0 Å². The van der Waals surface area contributed by atoms with E-state index < -0.39 is 0 Å². The second-order valence-electron chi connectivity index (χ2n) is 6.49. The zero-order chi connectivity index (χ0) is 14.0. The van der Waals surface area contributed by atoms with Crippen molar-refractivity contribution in [3.05, 3.63) is 11.9 Å². The Morgan fingerprint density at radius 1 is 1.37 bits per heavy atom. The van der Waals surface area contributed by atoms with Crippen molar-refractivity contribution in [3.63, 3.8) is 0 Å². The molecular weight excluding hydrogens is 236 g/mol. The van der Waals surface area contributed by atoms with Gasteiger partial charge in [0.25, 0.3) is 0 Å². The Hall–Kier alpha value is -1.32. The lowest BCUT2D eigenvalue weighted by Crippen LogP contribution is -2.26. The molecule has 106 valence electrons. The second-order valence-corrected chi connectivity index (χ2v) is 6.49. The summed E-state index contributed by atoms with van der Waals surface area (Å²) in [5.41, 5.74) is 0.376. The standard InChI is InChI=1S/C15H26N4/c1-6-16-13-9-14(18-11(2)17-13)19-8-7-12(10-19)15(3,4)5/h9,12H,6-8,10H2,1-5H3,(H,16,17,18). The SMILES string of the molecule is CCNc1cc(N2CCC(C(C)(C)C)C2)nc(C)n1. The minimum atomic E-state index is 0.376. The van der Waals surface area contributed by atoms with E-state index in [2.05, 4.69) is 53.9 Å². The Morgan fingerprint density at radius 3 is 2.68 bits per heavy atom. The molecule has 0 aliphatic carbocycles. The number of nitrogens with zero attached hydrogens (tertiary/aromatic N) is 3. The second kappa shape index (κ2) is 5.35. The van der Waals surface area contributed by atoms with Crippen molar-refractivity contribution in [2.24, 2.45) is 11.3 Å². The van der Waals surface area contributed by atoms with E-state index in [0.717, 1.165) is 43.0 Å². The molecule has 0 spiro atoms. The monoisotopic (exact) mass is 262 g/mol. The molecule has 1 aliphatic heterocycles. The Bertz CT molecular complexity index is 436. The molecule has 1 aliphatic rings. The number of nitrogens with one attached hydrogen (secondary N) is 1. The molecule has 1 unspecified atom stereocenters. The third kappa shape index (κ3) is 3.37. The first kappa shape index (κ1) is 14.1. The van der Waals surface area contributed by atoms with Crippen molar-refractivity contribution in [2.75, 3.05) is 29.9 Å². The maximum Gasteiger partial charge on any atom is 0.134 e. The molecule has 0 amide bonds. The van der Waals surface area contributed by atoms with E-state index in [1.807, 2.05) is 6.92 Å². The summed E-state index contributed by atoms with van der Waals surface area (Å²) in [6, 6.07) is 2.07. The lowest BCUT2D eigenvalue weighted by atomic mass is 9.80. The summed E-state index contributed by atoms with van der Waals surface area (Å²) in [6.45, 7) is 14.1. The Labute approximate surface area is 116 Å². The van der Waals surface area contributed by atoms with Crippen LogP contribution >= 0.6 is 0 Å². The molecule has 1 aromatic heterocycles. The van der Waals surface area contributed by atoms with E-state index in [0.29, 0.717) is 5.41 Å². The van der Waals surface area contributed by atoms with E-state index in [9.17, 15) is 0 Å². The largest absolute Gasteiger partial charge is 0.370 e. The van der Waals surface area contributed by atoms with Crippen LogP contribution in [0.25, 0.3) is 0 Å². The summed E-state index contributed by atoms with van der Waals surface area (Å²) in [5.74, 6) is 3.58. The zero-order valence-electron chi connectivity index (χ0n) is 12.8. The Balaban J connectivity index is 2.15. The van der Waals surface area contributed by atoms with Gasteiger partial charge in [0.05, 0.1) is 0 Å². The van der Waals surface area contributed by atoms with Crippen LogP contribution in [0.5, 0.6) is 0 Å². The van der Waals surface area contributed by atoms with E-state index in [4.69, 9.17) is 0 Å². The van der Waals surface area contributed by atoms with Gasteiger partial charge in [0.15, 0.2) is 0 Å². The molecule has 0 radical (unpaired) electrons. The van der Waals surface area contributed by atoms with Crippen LogP contribution in [0.4, 0.5) is 11.6 Å². The fourth-order valence-corrected chi connectivity index (χ4v) is 2.66. The molecule has 4 nitrogen and oxygen atoms in total. The predicted molar refractivity (Wildman–Crippen MR) is 80.7 cm³/mol. The highest BCUT2D eigenvalue weighted by molar-refractivity contribution is 5.50. The molecule has 0 aromatic carbocycles. The first-order chi connectivity index (χ1) is 8.90. The van der Waals surface area contributed by atoms with Gasteiger partial charge < -0.3 is 10.2 Å². The molecule has 0 bridgehead atoms. The first-order valence-corrected chi connectivity index (χ1v) is 7.24. The predicted octanol–water partition coefficient (Wildman–Crippen LogP) is 3.09. The average molecular weight is 262 g/mol. The Kier molecular flexibility index (Phi) is 3.97. The minimum Gasteiger partial charge on any atom is -0.370 e. The Morgan fingerprint density at radius 2 is 2.11 bits per heavy atom. The van der Waals surface area contributed by atoms with Crippen molar-refractivity contribution in [2.45, 2.75) is 41.0 Å². The number of anilines is 2. The third-order valence-electron chi connectivity index (χ3n) is 3.92. The number of aromatic nitrogens is 2. The van der Waals surface area contributed by atoms with Crippen LogP contribution in [0.2, 0.25) is 0 Å². The normalized spacial score (nSPS) is 19.8. The lowest BCUT2D eigenvalue weighted by molar-refractivity contribution is 0.263. The molecule has 1 fully saturated rings. The maximum absolute atomic E-state index is 4.59. The van der Waals surface area contributed by atoms with Gasteiger partial charge in [-0.25, -0.2) is 9.97 Å². The molecule has 1 aromatic rings. The summed E-state index contributed by atoms with van der Waals surface area (Å²) in [5, 5.41) is 3.28. The van der Waals surface area contributed by atoms with Gasteiger partial charge in [-0.05, 0) is 31.6 Å². The van der Waals surface area contributed by atoms with Gasteiger partial charge >= 0.3 is 0 Å². The summed E-state index contributed by atoms with van der Waals surface area (Å²) in [4.78, 5) is 11.4. The van der Waals surface area contributed by atoms with Gasteiger partial charge in [0, 0.05) is 25.7 Å². The molecular formula is C15H26N4. The molecule has 0 saturated carbocycles. The van der Waals surface area contributed by atoms with Gasteiger partial charge in [-0.15, -0.1) is 0 Å². The van der Waals surface area contributed by atoms with Gasteiger partial charge in [-0.1, -0.05) is 20.8 Å². The van der Waals surface area contributed by atoms with Crippen LogP contribution in [0.3, 0.4) is 0 Å². The minimum absolute atomic E-state index is 0.376. The smallest absolute Gasteiger partial charge is 0.134 e. The van der Waals surface area contributed by atoms with Gasteiger partial charge in [0.2, 0.25) is 0 Å². The summed E-state index contributed by atoms with van der Waals surface area (Å²) >= 11 is 0. The molecule has 4 heteroatoms. The highest BCUT2D eigenvalue weighted by Crippen LogP contribution is 2.35. The van der Waals surface area contributed by atoms with Crippen molar-refractivity contribution < 1.29 is 0 Å². The molecule has 1 N–H and O–H groups in total. The van der Waals surface area contributed by atoms with E-state index >= 15 is 0 Å². The molecule has 1 atom stereocenters. The lowest BCUT2D eigenvalue weighted by Gasteiger charge is -2.27. The van der Waals surface area contributed by atoms with E-state index in [1.165, 1.54) is 6.42 Å². The van der Waals surface area contributed by atoms with Gasteiger partial charge in [-0.3, -0.25) is 0 Å². The van der Waals surface area contributed by atoms with Crippen LogP contribution in [0, 0.1) is 18.3 Å². The quantitative estimate of drug-likeness (QED) is 0.909. The fourth-order valence-electron chi connectivity index (χ4n) is 2.66. The van der Waals surface area contributed by atoms with Crippen molar-refractivity contribution >= 4 is 11.6 Å². The third-order valence-corrected chi connectivity index (χ3v) is 3.92. The molecule has 19 heavy (non-hydrogen) atoms. The topological polar surface area (TPSA) is 41.0 Å². The number of aryl methyl sites for hydroxylation is 1. The number of hydrogen-bond acceptors (Lipinski definition) is 4. The summed E-state index contributed by atoms with van der Waals surface area (Å²) in [7, 11) is 0. The van der Waals surface area contributed by atoms with Gasteiger partial charge in [-0.2, -0.15) is 0 Å². The molecule has 2 heterocycles. The average Bonchev–Trinajstić information content (AvgIpc) is 2.77. The van der Waals surface area contributed by atoms with Crippen LogP contribution in [-0.2, 0) is 0 Å². The summed E-state index contributed by atoms with van der Waals surface area (Å²) in [6.07, 6.45) is 1.25. The van der Waals surface area contributed by atoms with Crippen molar-refractivity contribution in [3.8, 4) is 0 Å². The highest BCUT2D eigenvalue weighted by atomic mass is 15.2. The van der Waals surface area contributed by atoms with E-state index in [-0.39, 0.29) is 0 Å². The van der Waals surface area contributed by atoms with Gasteiger partial charge in [0.1, 0.15) is 17.5 Å². The first-order valence-electron chi connectivity index (χ1n) is 7.24. The zero-order valence-corrected chi connectivity index (χ0v) is 12.8. The summed E-state index contributed by atoms with van der Waals surface area (Å²) < 4.78 is 0. The van der Waals surface area contributed by atoms with Crippen LogP contribution in [0.1, 0.15) is 39.9 Å². The van der Waals surface area contributed by atoms with Crippen LogP contribution < -0.4 is 10.2 Å². The number of rotatable bonds is 3. The molecule has 2 rings (SSSR count). The van der Waals surface area contributed by atoms with Crippen molar-refractivity contribution in [1.82, 2.24) is 9.97 Å². The highest BCUT2D eigenvalue weighted by Gasteiger charge is 2.32. The fraction of sp³-hybridized carbons (Fsp3) is 0.733.